The second-order valence-electron chi connectivity index (χ2n) is 12.9. The summed E-state index contributed by atoms with van der Waals surface area (Å²) in [6, 6.07) is 10.6. The molecule has 0 saturated heterocycles. The van der Waals surface area contributed by atoms with Crippen LogP contribution in [0.5, 0.6) is 0 Å². The van der Waals surface area contributed by atoms with Gasteiger partial charge in [0, 0.05) is 42.1 Å². The van der Waals surface area contributed by atoms with Crippen molar-refractivity contribution in [3.8, 4) is 0 Å². The lowest BCUT2D eigenvalue weighted by atomic mass is 9.75. The molecule has 2 heterocycles. The topological polar surface area (TPSA) is 232 Å². The van der Waals surface area contributed by atoms with E-state index in [0.29, 0.717) is 42.6 Å². The predicted molar refractivity (Wildman–Crippen MR) is 188 cm³/mol. The Morgan fingerprint density at radius 1 is 0.811 bits per heavy atom. The highest BCUT2D eigenvalue weighted by Gasteiger charge is 2.52. The quantitative estimate of drug-likeness (QED) is 0.0745. The Morgan fingerprint density at radius 3 is 1.96 bits per heavy atom. The van der Waals surface area contributed by atoms with Crippen molar-refractivity contribution < 1.29 is 43.4 Å². The summed E-state index contributed by atoms with van der Waals surface area (Å²) in [4.78, 5) is 72.6. The van der Waals surface area contributed by atoms with Gasteiger partial charge >= 0.3 is 17.9 Å². The van der Waals surface area contributed by atoms with E-state index in [2.05, 4.69) is 10.6 Å². The Morgan fingerprint density at radius 2 is 1.38 bits per heavy atom. The molecule has 282 valence electrons. The van der Waals surface area contributed by atoms with Gasteiger partial charge in [-0.2, -0.15) is 0 Å². The van der Waals surface area contributed by atoms with Gasteiger partial charge in [-0.1, -0.05) is 37.1 Å². The smallest absolute Gasteiger partial charge is 0.336 e. The fourth-order valence-electron chi connectivity index (χ4n) is 6.69. The first kappa shape index (κ1) is 39.7. The zero-order valence-electron chi connectivity index (χ0n) is 29.9. The molecule has 0 spiro atoms. The Labute approximate surface area is 304 Å². The summed E-state index contributed by atoms with van der Waals surface area (Å²) in [6.45, 7) is 6.56. The number of hydrogen-bond donors (Lipinski definition) is 2. The number of dihydropyridines is 1. The number of ether oxygens (including phenoxy) is 3. The molecule has 17 nitrogen and oxygen atoms in total. The molecule has 2 aliphatic rings. The number of unbranched alkanes of at least 4 members (excludes halogenated alkanes) is 3. The highest BCUT2D eigenvalue weighted by atomic mass is 16.6. The minimum atomic E-state index is -1.46. The van der Waals surface area contributed by atoms with Crippen molar-refractivity contribution in [2.75, 3.05) is 13.7 Å². The van der Waals surface area contributed by atoms with Gasteiger partial charge < -0.3 is 24.8 Å². The molecule has 0 saturated carbocycles. The predicted octanol–water partition coefficient (Wildman–Crippen LogP) is 5.60. The third kappa shape index (κ3) is 8.85. The molecule has 0 fully saturated rings. The zero-order chi connectivity index (χ0) is 39.0. The average molecular weight is 736 g/mol. The first-order chi connectivity index (χ1) is 25.1. The maximum Gasteiger partial charge on any atom is 0.336 e. The Bertz CT molecular complexity index is 1900. The lowest BCUT2D eigenvalue weighted by Gasteiger charge is -2.43. The standard InChI is InChI=1S/C36H41N5O12/c1-21-30(34(43)51-5)32(24-12-10-14-26(18-24)39(45)46)31(22(2)38-21)35(44)52-17-9-7-6-8-16-29(42)53-36(4)23(3)37-20-28(41(49)50)33(36)25-13-11-15-27(19-25)40(47)48/h10-15,18-20,23,32-33,37-38H,6-9,16-17H2,1-5H3. The molecule has 4 atom stereocenters. The number of nitro benzene ring substituents is 2. The molecule has 17 heteroatoms. The summed E-state index contributed by atoms with van der Waals surface area (Å²) < 4.78 is 16.5. The average Bonchev–Trinajstić information content (AvgIpc) is 3.11. The highest BCUT2D eigenvalue weighted by molar-refractivity contribution is 5.99. The van der Waals surface area contributed by atoms with Crippen LogP contribution in [0.2, 0.25) is 0 Å². The van der Waals surface area contributed by atoms with E-state index in [0.717, 1.165) is 0 Å². The molecule has 53 heavy (non-hydrogen) atoms. The van der Waals surface area contributed by atoms with E-state index in [1.165, 1.54) is 55.8 Å². The molecule has 0 aliphatic carbocycles. The van der Waals surface area contributed by atoms with Gasteiger partial charge in [0.05, 0.1) is 57.8 Å². The molecule has 2 aliphatic heterocycles. The number of nitro groups is 3. The Kier molecular flexibility index (Phi) is 12.7. The van der Waals surface area contributed by atoms with Crippen LogP contribution in [-0.4, -0.2) is 58.0 Å². The molecule has 2 N–H and O–H groups in total. The third-order valence-corrected chi connectivity index (χ3v) is 9.48. The van der Waals surface area contributed by atoms with Crippen LogP contribution < -0.4 is 10.6 Å². The Balaban J connectivity index is 1.36. The van der Waals surface area contributed by atoms with Gasteiger partial charge in [-0.05, 0) is 51.7 Å². The zero-order valence-corrected chi connectivity index (χ0v) is 29.9. The molecule has 0 radical (unpaired) electrons. The van der Waals surface area contributed by atoms with E-state index in [9.17, 15) is 44.7 Å². The van der Waals surface area contributed by atoms with Crippen molar-refractivity contribution in [3.05, 3.63) is 124 Å². The van der Waals surface area contributed by atoms with Gasteiger partial charge in [-0.15, -0.1) is 0 Å². The fraction of sp³-hybridized carbons (Fsp3) is 0.417. The lowest BCUT2D eigenvalue weighted by Crippen LogP contribution is -2.56. The summed E-state index contributed by atoms with van der Waals surface area (Å²) >= 11 is 0. The van der Waals surface area contributed by atoms with Crippen LogP contribution in [0.4, 0.5) is 11.4 Å². The number of carbonyl (C=O) groups is 3. The third-order valence-electron chi connectivity index (χ3n) is 9.48. The molecule has 2 aromatic rings. The normalized spacial score (nSPS) is 21.1. The van der Waals surface area contributed by atoms with E-state index in [4.69, 9.17) is 14.2 Å². The summed E-state index contributed by atoms with van der Waals surface area (Å²) in [6.07, 6.45) is 3.18. The van der Waals surface area contributed by atoms with E-state index in [1.807, 2.05) is 0 Å². The van der Waals surface area contributed by atoms with Gasteiger partial charge in [0.25, 0.3) is 17.1 Å². The number of allylic oxidation sites excluding steroid dienone is 2. The van der Waals surface area contributed by atoms with Crippen LogP contribution in [0.15, 0.2) is 83.0 Å². The summed E-state index contributed by atoms with van der Waals surface area (Å²) in [5, 5.41) is 40.8. The second kappa shape index (κ2) is 16.9. The summed E-state index contributed by atoms with van der Waals surface area (Å²) in [7, 11) is 1.20. The number of hydrogen-bond acceptors (Lipinski definition) is 14. The van der Waals surface area contributed by atoms with Crippen molar-refractivity contribution in [1.29, 1.82) is 0 Å². The van der Waals surface area contributed by atoms with Crippen LogP contribution in [0, 0.1) is 30.3 Å². The van der Waals surface area contributed by atoms with Gasteiger partial charge in [-0.3, -0.25) is 35.1 Å². The number of esters is 3. The number of benzene rings is 2. The highest BCUT2D eigenvalue weighted by Crippen LogP contribution is 2.44. The van der Waals surface area contributed by atoms with Crippen LogP contribution in [0.3, 0.4) is 0 Å². The van der Waals surface area contributed by atoms with Crippen molar-refractivity contribution in [3.63, 3.8) is 0 Å². The SMILES string of the molecule is COC(=O)C1=C(C)NC(C)=C(C(=O)OCCCCCCC(=O)OC2(C)C(C)NC=C([N+](=O)[O-])C2c2cccc([N+](=O)[O-])c2)C1c1cccc([N+](=O)[O-])c1. The van der Waals surface area contributed by atoms with Gasteiger partial charge in [0.15, 0.2) is 0 Å². The number of non-ortho nitro benzene ring substituents is 2. The molecule has 0 amide bonds. The summed E-state index contributed by atoms with van der Waals surface area (Å²) in [5.74, 6) is -4.10. The van der Waals surface area contributed by atoms with Crippen LogP contribution in [0.25, 0.3) is 0 Å². The number of nitrogens with one attached hydrogen (secondary N) is 2. The van der Waals surface area contributed by atoms with Crippen LogP contribution in [-0.2, 0) is 28.6 Å². The molecular weight excluding hydrogens is 694 g/mol. The van der Waals surface area contributed by atoms with Gasteiger partial charge in [0.1, 0.15) is 11.5 Å². The van der Waals surface area contributed by atoms with Crippen molar-refractivity contribution >= 4 is 29.3 Å². The molecule has 0 aromatic heterocycles. The van der Waals surface area contributed by atoms with E-state index in [-0.39, 0.29) is 46.8 Å². The number of methoxy groups -OCH3 is 1. The first-order valence-corrected chi connectivity index (χ1v) is 16.9. The van der Waals surface area contributed by atoms with Gasteiger partial charge in [0.2, 0.25) is 0 Å². The molecule has 0 bridgehead atoms. The van der Waals surface area contributed by atoms with Crippen LogP contribution >= 0.6 is 0 Å². The largest absolute Gasteiger partial charge is 0.466 e. The number of rotatable bonds is 15. The maximum absolute atomic E-state index is 13.5. The monoisotopic (exact) mass is 735 g/mol. The molecular formula is C36H41N5O12. The van der Waals surface area contributed by atoms with E-state index in [1.54, 1.807) is 33.8 Å². The maximum atomic E-state index is 13.5. The van der Waals surface area contributed by atoms with E-state index >= 15 is 0 Å². The second-order valence-corrected chi connectivity index (χ2v) is 12.9. The van der Waals surface area contributed by atoms with Crippen molar-refractivity contribution in [2.45, 2.75) is 83.3 Å². The number of nitrogens with zero attached hydrogens (tertiary/aromatic N) is 3. The minimum Gasteiger partial charge on any atom is -0.466 e. The van der Waals surface area contributed by atoms with Crippen LogP contribution in [0.1, 0.15) is 82.8 Å². The Hall–Kier alpha value is -6.13. The minimum absolute atomic E-state index is 0.00804. The molecule has 2 aromatic carbocycles. The first-order valence-electron chi connectivity index (χ1n) is 16.9. The van der Waals surface area contributed by atoms with E-state index < -0.39 is 56.2 Å². The fourth-order valence-corrected chi connectivity index (χ4v) is 6.69. The number of carbonyl (C=O) groups excluding carboxylic acids is 3. The van der Waals surface area contributed by atoms with Gasteiger partial charge in [-0.25, -0.2) is 9.59 Å². The summed E-state index contributed by atoms with van der Waals surface area (Å²) in [5.41, 5.74) is -0.542. The van der Waals surface area contributed by atoms with Crippen molar-refractivity contribution in [1.82, 2.24) is 10.6 Å². The molecule has 4 rings (SSSR count). The van der Waals surface area contributed by atoms with Crippen molar-refractivity contribution in [2.24, 2.45) is 0 Å². The molecule has 4 unspecified atom stereocenters. The lowest BCUT2D eigenvalue weighted by molar-refractivity contribution is -0.435.